The molecular formula is C17H11FN6O3. The van der Waals surface area contributed by atoms with Crippen molar-refractivity contribution in [2.75, 3.05) is 12.4 Å². The Balaban J connectivity index is 1.90. The lowest BCUT2D eigenvalue weighted by Gasteiger charge is -2.11. The normalized spacial score (nSPS) is 10.1. The number of amides is 1. The minimum Gasteiger partial charge on any atom is -0.465 e. The maximum absolute atomic E-state index is 14.3. The summed E-state index contributed by atoms with van der Waals surface area (Å²) >= 11 is 0. The fraction of sp³-hybridized carbons (Fsp3) is 0.0588. The van der Waals surface area contributed by atoms with E-state index in [9.17, 15) is 14.0 Å². The van der Waals surface area contributed by atoms with E-state index in [4.69, 9.17) is 5.26 Å². The first kappa shape index (κ1) is 17.7. The van der Waals surface area contributed by atoms with Gasteiger partial charge in [-0.1, -0.05) is 0 Å². The van der Waals surface area contributed by atoms with Crippen molar-refractivity contribution in [1.29, 1.82) is 5.26 Å². The highest BCUT2D eigenvalue weighted by Crippen LogP contribution is 2.23. The van der Waals surface area contributed by atoms with Crippen LogP contribution in [0.5, 0.6) is 0 Å². The monoisotopic (exact) mass is 366 g/mol. The van der Waals surface area contributed by atoms with E-state index >= 15 is 0 Å². The lowest BCUT2D eigenvalue weighted by molar-refractivity contribution is 0.0601. The molecule has 0 saturated carbocycles. The van der Waals surface area contributed by atoms with Gasteiger partial charge in [-0.2, -0.15) is 5.26 Å². The zero-order valence-corrected chi connectivity index (χ0v) is 13.9. The Labute approximate surface area is 152 Å². The quantitative estimate of drug-likeness (QED) is 0.697. The number of imidazole rings is 1. The van der Waals surface area contributed by atoms with Crippen LogP contribution in [0.1, 0.15) is 26.4 Å². The molecule has 10 heteroatoms. The van der Waals surface area contributed by atoms with Crippen molar-refractivity contribution in [2.45, 2.75) is 0 Å². The van der Waals surface area contributed by atoms with Crippen LogP contribution in [0.25, 0.3) is 5.82 Å². The molecule has 3 rings (SSSR count). The van der Waals surface area contributed by atoms with E-state index in [1.54, 1.807) is 23.0 Å². The molecule has 0 radical (unpaired) electrons. The van der Waals surface area contributed by atoms with Crippen molar-refractivity contribution in [2.24, 2.45) is 0 Å². The fourth-order valence-electron chi connectivity index (χ4n) is 2.23. The minimum absolute atomic E-state index is 0.0876. The number of ether oxygens (including phenoxy) is 1. The number of hydrogen-bond acceptors (Lipinski definition) is 7. The average molecular weight is 366 g/mol. The molecule has 2 heterocycles. The zero-order valence-electron chi connectivity index (χ0n) is 13.9. The first-order valence-electron chi connectivity index (χ1n) is 7.49. The van der Waals surface area contributed by atoms with Crippen LogP contribution in [0.15, 0.2) is 43.0 Å². The van der Waals surface area contributed by atoms with Gasteiger partial charge in [0.05, 0.1) is 30.0 Å². The Morgan fingerprint density at radius 2 is 2.11 bits per heavy atom. The first-order chi connectivity index (χ1) is 13.0. The summed E-state index contributed by atoms with van der Waals surface area (Å²) < 4.78 is 20.5. The SMILES string of the molecule is COC(=O)c1cc(C#N)cc(F)c1NC(=O)c1ccc(-n2ccnc2)nn1. The van der Waals surface area contributed by atoms with Crippen molar-refractivity contribution in [3.05, 3.63) is 65.6 Å². The van der Waals surface area contributed by atoms with Gasteiger partial charge in [-0.15, -0.1) is 10.2 Å². The molecule has 0 aliphatic rings. The summed E-state index contributed by atoms with van der Waals surface area (Å²) in [5.41, 5.74) is -0.884. The molecule has 0 bridgehead atoms. The van der Waals surface area contributed by atoms with Gasteiger partial charge in [0.2, 0.25) is 0 Å². The van der Waals surface area contributed by atoms with Gasteiger partial charge in [0.15, 0.2) is 11.5 Å². The highest BCUT2D eigenvalue weighted by Gasteiger charge is 2.21. The Morgan fingerprint density at radius 3 is 2.70 bits per heavy atom. The molecule has 0 saturated heterocycles. The topological polar surface area (TPSA) is 123 Å². The number of hydrogen-bond donors (Lipinski definition) is 1. The second kappa shape index (κ2) is 7.40. The molecule has 2 aromatic heterocycles. The number of aromatic nitrogens is 4. The van der Waals surface area contributed by atoms with E-state index in [0.717, 1.165) is 19.2 Å². The highest BCUT2D eigenvalue weighted by molar-refractivity contribution is 6.07. The molecule has 9 nitrogen and oxygen atoms in total. The van der Waals surface area contributed by atoms with E-state index in [2.05, 4.69) is 25.2 Å². The van der Waals surface area contributed by atoms with E-state index in [0.29, 0.717) is 5.82 Å². The van der Waals surface area contributed by atoms with E-state index < -0.39 is 23.4 Å². The maximum atomic E-state index is 14.3. The van der Waals surface area contributed by atoms with Crippen LogP contribution < -0.4 is 5.32 Å². The van der Waals surface area contributed by atoms with Crippen LogP contribution >= 0.6 is 0 Å². The molecule has 1 aromatic carbocycles. The molecule has 0 spiro atoms. The summed E-state index contributed by atoms with van der Waals surface area (Å²) in [6.45, 7) is 0. The number of anilines is 1. The summed E-state index contributed by atoms with van der Waals surface area (Å²) in [7, 11) is 1.10. The number of nitrogens with one attached hydrogen (secondary N) is 1. The smallest absolute Gasteiger partial charge is 0.340 e. The molecule has 27 heavy (non-hydrogen) atoms. The van der Waals surface area contributed by atoms with Gasteiger partial charge in [-0.25, -0.2) is 14.2 Å². The van der Waals surface area contributed by atoms with Gasteiger partial charge in [-0.3, -0.25) is 9.36 Å². The van der Waals surface area contributed by atoms with Crippen molar-refractivity contribution in [3.8, 4) is 11.9 Å². The standard InChI is InChI=1S/C17H11FN6O3/c1-27-17(26)11-6-10(8-19)7-12(18)15(11)21-16(25)13-2-3-14(23-22-13)24-5-4-20-9-24/h2-7,9H,1H3,(H,21,25). The number of esters is 1. The maximum Gasteiger partial charge on any atom is 0.340 e. The lowest BCUT2D eigenvalue weighted by atomic mass is 10.1. The third kappa shape index (κ3) is 3.62. The van der Waals surface area contributed by atoms with Crippen molar-refractivity contribution >= 4 is 17.6 Å². The summed E-state index contributed by atoms with van der Waals surface area (Å²) in [4.78, 5) is 28.1. The Morgan fingerprint density at radius 1 is 1.30 bits per heavy atom. The van der Waals surface area contributed by atoms with E-state index in [-0.39, 0.29) is 16.8 Å². The largest absolute Gasteiger partial charge is 0.465 e. The van der Waals surface area contributed by atoms with Crippen LogP contribution in [-0.2, 0) is 4.74 Å². The van der Waals surface area contributed by atoms with Crippen molar-refractivity contribution in [1.82, 2.24) is 19.7 Å². The second-order valence-electron chi connectivity index (χ2n) is 5.18. The zero-order chi connectivity index (χ0) is 19.4. The molecule has 0 aliphatic carbocycles. The van der Waals surface area contributed by atoms with Crippen LogP contribution in [-0.4, -0.2) is 38.7 Å². The summed E-state index contributed by atoms with van der Waals surface area (Å²) in [6, 6.07) is 6.66. The van der Waals surface area contributed by atoms with Gasteiger partial charge in [0.25, 0.3) is 5.91 Å². The third-order valence-corrected chi connectivity index (χ3v) is 3.52. The number of carbonyl (C=O) groups is 2. The molecule has 0 fully saturated rings. The van der Waals surface area contributed by atoms with E-state index in [1.807, 2.05) is 0 Å². The molecule has 0 atom stereocenters. The number of benzene rings is 1. The molecule has 134 valence electrons. The van der Waals surface area contributed by atoms with Crippen molar-refractivity contribution < 1.29 is 18.7 Å². The molecular weight excluding hydrogens is 355 g/mol. The number of nitrogens with zero attached hydrogens (tertiary/aromatic N) is 5. The predicted octanol–water partition coefficient (Wildman–Crippen LogP) is 1.71. The second-order valence-corrected chi connectivity index (χ2v) is 5.18. The Hall–Kier alpha value is -4.13. The van der Waals surface area contributed by atoms with Gasteiger partial charge < -0.3 is 10.1 Å². The highest BCUT2D eigenvalue weighted by atomic mass is 19.1. The first-order valence-corrected chi connectivity index (χ1v) is 7.49. The number of methoxy groups -OCH3 is 1. The van der Waals surface area contributed by atoms with Crippen LogP contribution in [0.2, 0.25) is 0 Å². The van der Waals surface area contributed by atoms with Crippen LogP contribution in [0.3, 0.4) is 0 Å². The van der Waals surface area contributed by atoms with E-state index in [1.165, 1.54) is 18.5 Å². The van der Waals surface area contributed by atoms with Crippen LogP contribution in [0, 0.1) is 17.1 Å². The van der Waals surface area contributed by atoms with Gasteiger partial charge in [-0.05, 0) is 24.3 Å². The molecule has 3 aromatic rings. The fourth-order valence-corrected chi connectivity index (χ4v) is 2.23. The number of carbonyl (C=O) groups excluding carboxylic acids is 2. The van der Waals surface area contributed by atoms with Gasteiger partial charge >= 0.3 is 5.97 Å². The summed E-state index contributed by atoms with van der Waals surface area (Å²) in [5.74, 6) is -2.20. The molecule has 1 N–H and O–H groups in total. The van der Waals surface area contributed by atoms with Crippen molar-refractivity contribution in [3.63, 3.8) is 0 Å². The van der Waals surface area contributed by atoms with Gasteiger partial charge in [0.1, 0.15) is 12.1 Å². The number of nitriles is 1. The number of halogens is 1. The summed E-state index contributed by atoms with van der Waals surface area (Å²) in [5, 5.41) is 18.9. The van der Waals surface area contributed by atoms with Crippen LogP contribution in [0.4, 0.5) is 10.1 Å². The average Bonchev–Trinajstić information content (AvgIpc) is 3.23. The third-order valence-electron chi connectivity index (χ3n) is 3.52. The summed E-state index contributed by atoms with van der Waals surface area (Å²) in [6.07, 6.45) is 4.72. The molecule has 0 aliphatic heterocycles. The minimum atomic E-state index is -0.953. The Kier molecular flexibility index (Phi) is 4.85. The Bertz CT molecular complexity index is 1040. The number of rotatable bonds is 4. The molecule has 0 unspecified atom stereocenters. The van der Waals surface area contributed by atoms with Gasteiger partial charge in [0, 0.05) is 12.4 Å². The lowest BCUT2D eigenvalue weighted by Crippen LogP contribution is -2.19. The predicted molar refractivity (Wildman–Crippen MR) is 89.6 cm³/mol. The molecule has 1 amide bonds.